The van der Waals surface area contributed by atoms with Crippen molar-refractivity contribution in [1.82, 2.24) is 4.57 Å². The number of hydrogen-bond donors (Lipinski definition) is 0. The van der Waals surface area contributed by atoms with Crippen LogP contribution in [-0.4, -0.2) is 19.6 Å². The van der Waals surface area contributed by atoms with Crippen LogP contribution < -0.4 is 10.2 Å². The first kappa shape index (κ1) is 22.1. The Morgan fingerprint density at radius 1 is 1.00 bits per heavy atom. The first-order valence-corrected chi connectivity index (χ1v) is 12.0. The minimum Gasteiger partial charge on any atom is -0.494 e. The summed E-state index contributed by atoms with van der Waals surface area (Å²) in [5.74, 6) is 0.514. The molecule has 0 amide bonds. The van der Waals surface area contributed by atoms with Crippen LogP contribution in [0.25, 0.3) is 10.9 Å². The van der Waals surface area contributed by atoms with Gasteiger partial charge in [0.1, 0.15) is 10.6 Å². The van der Waals surface area contributed by atoms with Crippen molar-refractivity contribution < 1.29 is 13.2 Å². The average molecular weight is 468 g/mol. The Hall–Kier alpha value is -3.09. The Morgan fingerprint density at radius 3 is 2.41 bits per heavy atom. The Kier molecular flexibility index (Phi) is 6.09. The van der Waals surface area contributed by atoms with E-state index in [-0.39, 0.29) is 9.79 Å². The Balaban J connectivity index is 1.98. The number of hydrogen-bond acceptors (Lipinski definition) is 4. The molecule has 0 saturated heterocycles. The fourth-order valence-electron chi connectivity index (χ4n) is 3.64. The van der Waals surface area contributed by atoms with Crippen molar-refractivity contribution in [3.8, 4) is 5.75 Å². The summed E-state index contributed by atoms with van der Waals surface area (Å²) in [4.78, 5) is 13.1. The van der Waals surface area contributed by atoms with Gasteiger partial charge in [-0.1, -0.05) is 35.9 Å². The third-order valence-electron chi connectivity index (χ3n) is 5.35. The number of nitrogens with zero attached hydrogens (tertiary/aromatic N) is 1. The molecule has 4 aromatic rings. The van der Waals surface area contributed by atoms with Crippen LogP contribution in [0.4, 0.5) is 0 Å². The number of fused-ring (bicyclic) bond motifs is 1. The van der Waals surface area contributed by atoms with Gasteiger partial charge in [-0.2, -0.15) is 0 Å². The molecule has 0 saturated carbocycles. The maximum absolute atomic E-state index is 13.4. The van der Waals surface area contributed by atoms with E-state index in [0.717, 1.165) is 11.1 Å². The molecule has 0 fully saturated rings. The van der Waals surface area contributed by atoms with E-state index in [1.807, 2.05) is 38.1 Å². The molecule has 0 aliphatic carbocycles. The normalized spacial score (nSPS) is 11.6. The molecule has 3 aromatic carbocycles. The van der Waals surface area contributed by atoms with Gasteiger partial charge in [0.2, 0.25) is 15.3 Å². The number of aromatic nitrogens is 1. The van der Waals surface area contributed by atoms with E-state index in [9.17, 15) is 13.2 Å². The van der Waals surface area contributed by atoms with Crippen LogP contribution in [0.2, 0.25) is 5.02 Å². The van der Waals surface area contributed by atoms with Gasteiger partial charge in [-0.05, 0) is 67.4 Å². The molecule has 0 atom stereocenters. The first-order chi connectivity index (χ1) is 15.3. The molecule has 0 bridgehead atoms. The van der Waals surface area contributed by atoms with Crippen molar-refractivity contribution in [3.05, 3.63) is 99.3 Å². The molecule has 0 radical (unpaired) electrons. The van der Waals surface area contributed by atoms with Gasteiger partial charge < -0.3 is 9.30 Å². The molecule has 7 heteroatoms. The molecule has 0 unspecified atom stereocenters. The van der Waals surface area contributed by atoms with E-state index in [2.05, 4.69) is 0 Å². The summed E-state index contributed by atoms with van der Waals surface area (Å²) >= 11 is 5.92. The number of benzene rings is 3. The summed E-state index contributed by atoms with van der Waals surface area (Å²) in [7, 11) is -4.06. The minimum absolute atomic E-state index is 0.0155. The third-order valence-corrected chi connectivity index (χ3v) is 7.36. The largest absolute Gasteiger partial charge is 0.494 e. The average Bonchev–Trinajstić information content (AvgIpc) is 2.77. The first-order valence-electron chi connectivity index (χ1n) is 10.2. The molecule has 0 spiro atoms. The molecule has 32 heavy (non-hydrogen) atoms. The summed E-state index contributed by atoms with van der Waals surface area (Å²) in [5.41, 5.74) is 2.18. The van der Waals surface area contributed by atoms with E-state index >= 15 is 0 Å². The topological polar surface area (TPSA) is 65.4 Å². The number of rotatable bonds is 6. The fraction of sp³-hybridized carbons (Fsp3) is 0.160. The van der Waals surface area contributed by atoms with Gasteiger partial charge in [0.05, 0.1) is 22.4 Å². The maximum atomic E-state index is 13.4. The summed E-state index contributed by atoms with van der Waals surface area (Å²) in [6.07, 6.45) is 1.43. The lowest BCUT2D eigenvalue weighted by atomic mass is 10.1. The summed E-state index contributed by atoms with van der Waals surface area (Å²) in [5, 5.41) is 0.709. The second-order valence-corrected chi connectivity index (χ2v) is 9.80. The number of sulfone groups is 1. The fourth-order valence-corrected chi connectivity index (χ4v) is 5.13. The number of ether oxygens (including phenoxy) is 1. The van der Waals surface area contributed by atoms with Gasteiger partial charge in [-0.3, -0.25) is 4.79 Å². The maximum Gasteiger partial charge on any atom is 0.211 e. The van der Waals surface area contributed by atoms with E-state index in [4.69, 9.17) is 16.3 Å². The van der Waals surface area contributed by atoms with Crippen molar-refractivity contribution >= 4 is 32.3 Å². The lowest BCUT2D eigenvalue weighted by Gasteiger charge is -2.16. The molecule has 0 aliphatic heterocycles. The SMILES string of the molecule is CCOc1ccc2c(c1)c(=O)c(S(=O)(=O)c1ccc(Cl)cc1)cn2Cc1ccccc1C. The van der Waals surface area contributed by atoms with E-state index in [0.29, 0.717) is 34.8 Å². The Bertz CT molecular complexity index is 1460. The van der Waals surface area contributed by atoms with Crippen molar-refractivity contribution in [2.75, 3.05) is 6.61 Å². The molecular formula is C25H22ClNO4S. The smallest absolute Gasteiger partial charge is 0.211 e. The Morgan fingerprint density at radius 2 is 1.72 bits per heavy atom. The Labute approximate surface area is 191 Å². The van der Waals surface area contributed by atoms with Crippen LogP contribution in [0.1, 0.15) is 18.1 Å². The molecule has 0 aliphatic rings. The highest BCUT2D eigenvalue weighted by atomic mass is 35.5. The number of halogens is 1. The predicted octanol–water partition coefficient (Wildman–Crippen LogP) is 5.24. The van der Waals surface area contributed by atoms with Crippen molar-refractivity contribution in [2.45, 2.75) is 30.2 Å². The predicted molar refractivity (Wildman–Crippen MR) is 127 cm³/mol. The van der Waals surface area contributed by atoms with Crippen molar-refractivity contribution in [2.24, 2.45) is 0 Å². The van der Waals surface area contributed by atoms with Gasteiger partial charge in [0.25, 0.3) is 0 Å². The lowest BCUT2D eigenvalue weighted by molar-refractivity contribution is 0.340. The molecule has 1 aromatic heterocycles. The number of pyridine rings is 1. The van der Waals surface area contributed by atoms with Gasteiger partial charge in [0.15, 0.2) is 0 Å². The monoisotopic (exact) mass is 467 g/mol. The van der Waals surface area contributed by atoms with Gasteiger partial charge in [-0.25, -0.2) is 8.42 Å². The summed E-state index contributed by atoms with van der Waals surface area (Å²) < 4.78 is 34.2. The molecule has 164 valence electrons. The van der Waals surface area contributed by atoms with Crippen LogP contribution in [0, 0.1) is 6.92 Å². The van der Waals surface area contributed by atoms with Gasteiger partial charge >= 0.3 is 0 Å². The van der Waals surface area contributed by atoms with E-state index in [1.54, 1.807) is 22.8 Å². The second kappa shape index (κ2) is 8.81. The van der Waals surface area contributed by atoms with E-state index in [1.165, 1.54) is 30.5 Å². The molecular weight excluding hydrogens is 446 g/mol. The van der Waals surface area contributed by atoms with Crippen molar-refractivity contribution in [1.29, 1.82) is 0 Å². The van der Waals surface area contributed by atoms with Crippen molar-refractivity contribution in [3.63, 3.8) is 0 Å². The van der Waals surface area contributed by atoms with Gasteiger partial charge in [0, 0.05) is 17.8 Å². The highest BCUT2D eigenvalue weighted by Crippen LogP contribution is 2.26. The van der Waals surface area contributed by atoms with Crippen LogP contribution >= 0.6 is 11.6 Å². The van der Waals surface area contributed by atoms with Crippen LogP contribution in [0.15, 0.2) is 87.5 Å². The minimum atomic E-state index is -4.06. The van der Waals surface area contributed by atoms with E-state index < -0.39 is 15.3 Å². The molecule has 4 rings (SSSR count). The standard InChI is InChI=1S/C25H22ClNO4S/c1-3-31-20-10-13-23-22(14-20)25(28)24(32(29,30)21-11-8-19(26)9-12-21)16-27(23)15-18-7-5-4-6-17(18)2/h4-14,16H,3,15H2,1-2H3. The van der Waals surface area contributed by atoms with Gasteiger partial charge in [-0.15, -0.1) is 0 Å². The summed E-state index contributed by atoms with van der Waals surface area (Å²) in [6, 6.07) is 18.9. The second-order valence-electron chi connectivity index (χ2n) is 7.45. The third kappa shape index (κ3) is 4.16. The molecule has 0 N–H and O–H groups in total. The number of aryl methyl sites for hydroxylation is 1. The summed E-state index contributed by atoms with van der Waals surface area (Å²) in [6.45, 7) is 4.70. The zero-order valence-corrected chi connectivity index (χ0v) is 19.3. The lowest BCUT2D eigenvalue weighted by Crippen LogP contribution is -2.20. The zero-order valence-electron chi connectivity index (χ0n) is 17.7. The zero-order chi connectivity index (χ0) is 22.9. The van der Waals surface area contributed by atoms with Crippen LogP contribution in [0.5, 0.6) is 5.75 Å². The van der Waals surface area contributed by atoms with Crippen LogP contribution in [-0.2, 0) is 16.4 Å². The molecule has 1 heterocycles. The highest BCUT2D eigenvalue weighted by Gasteiger charge is 2.24. The molecule has 5 nitrogen and oxygen atoms in total. The highest BCUT2D eigenvalue weighted by molar-refractivity contribution is 7.91. The quantitative estimate of drug-likeness (QED) is 0.389. The van der Waals surface area contributed by atoms with Crippen LogP contribution in [0.3, 0.4) is 0 Å².